The van der Waals surface area contributed by atoms with E-state index >= 15 is 0 Å². The molecule has 174 valence electrons. The van der Waals surface area contributed by atoms with Crippen molar-refractivity contribution < 1.29 is 24.2 Å². The normalized spacial score (nSPS) is 13.6. The summed E-state index contributed by atoms with van der Waals surface area (Å²) in [7, 11) is 0. The number of aromatic amines is 1. The van der Waals surface area contributed by atoms with Crippen LogP contribution in [0.4, 0.5) is 4.79 Å². The van der Waals surface area contributed by atoms with Gasteiger partial charge in [-0.2, -0.15) is 0 Å². The van der Waals surface area contributed by atoms with E-state index in [2.05, 4.69) is 15.6 Å². The largest absolute Gasteiger partial charge is 0.480 e. The minimum absolute atomic E-state index is 0.0543. The Labute approximate surface area is 192 Å². The average Bonchev–Trinajstić information content (AvgIpc) is 3.23. The van der Waals surface area contributed by atoms with Crippen LogP contribution in [0.15, 0.2) is 60.8 Å². The van der Waals surface area contributed by atoms with Gasteiger partial charge in [-0.3, -0.25) is 4.79 Å². The summed E-state index contributed by atoms with van der Waals surface area (Å²) in [5, 5.41) is 15.7. The number of alkyl carbamates (subject to hydrolysis) is 1. The van der Waals surface area contributed by atoms with Gasteiger partial charge in [-0.25, -0.2) is 9.59 Å². The van der Waals surface area contributed by atoms with E-state index in [-0.39, 0.29) is 18.9 Å². The maximum atomic E-state index is 13.1. The summed E-state index contributed by atoms with van der Waals surface area (Å²) >= 11 is 0. The van der Waals surface area contributed by atoms with Crippen molar-refractivity contribution in [3.63, 3.8) is 0 Å². The predicted octanol–water partition coefficient (Wildman–Crippen LogP) is 3.62. The summed E-state index contributed by atoms with van der Waals surface area (Å²) < 4.78 is 5.28. The van der Waals surface area contributed by atoms with E-state index < -0.39 is 30.1 Å². The molecule has 0 aliphatic heterocycles. The van der Waals surface area contributed by atoms with Crippen molar-refractivity contribution in [2.75, 3.05) is 0 Å². The Morgan fingerprint density at radius 2 is 1.73 bits per heavy atom. The number of benzene rings is 2. The van der Waals surface area contributed by atoms with E-state index in [1.165, 1.54) is 0 Å². The molecule has 8 heteroatoms. The van der Waals surface area contributed by atoms with Crippen molar-refractivity contribution in [2.24, 2.45) is 5.92 Å². The van der Waals surface area contributed by atoms with Crippen molar-refractivity contribution in [1.82, 2.24) is 15.6 Å². The summed E-state index contributed by atoms with van der Waals surface area (Å²) in [6.07, 6.45) is 1.78. The van der Waals surface area contributed by atoms with Crippen LogP contribution in [0, 0.1) is 5.92 Å². The van der Waals surface area contributed by atoms with Crippen LogP contribution in [0.1, 0.15) is 31.4 Å². The molecule has 3 atom stereocenters. The van der Waals surface area contributed by atoms with E-state index in [0.717, 1.165) is 22.0 Å². The Balaban J connectivity index is 1.76. The molecule has 0 unspecified atom stereocenters. The molecule has 1 heterocycles. The Morgan fingerprint density at radius 3 is 2.42 bits per heavy atom. The van der Waals surface area contributed by atoms with Gasteiger partial charge in [0.25, 0.3) is 0 Å². The smallest absolute Gasteiger partial charge is 0.408 e. The molecule has 3 aromatic rings. The molecule has 0 radical (unpaired) electrons. The number of carboxylic acid groups (broad SMARTS) is 1. The number of H-pyrrole nitrogens is 1. The zero-order valence-electron chi connectivity index (χ0n) is 18.7. The van der Waals surface area contributed by atoms with E-state index in [9.17, 15) is 19.5 Å². The molecular weight excluding hydrogens is 422 g/mol. The SMILES string of the molecule is CC[C@H](C)[C@H](NC(=O)[C@@H](Cc1c[nH]c2ccccc12)NC(=O)OCc1ccccc1)C(=O)O. The van der Waals surface area contributed by atoms with Crippen LogP contribution >= 0.6 is 0 Å². The fraction of sp³-hybridized carbons (Fsp3) is 0.320. The van der Waals surface area contributed by atoms with Gasteiger partial charge in [-0.05, 0) is 23.1 Å². The molecule has 8 nitrogen and oxygen atoms in total. The fourth-order valence-electron chi connectivity index (χ4n) is 3.57. The third-order valence-electron chi connectivity index (χ3n) is 5.70. The van der Waals surface area contributed by atoms with Crippen molar-refractivity contribution >= 4 is 28.9 Å². The third kappa shape index (κ3) is 6.35. The number of carbonyl (C=O) groups excluding carboxylic acids is 2. The van der Waals surface area contributed by atoms with Crippen LogP contribution in [0.25, 0.3) is 10.9 Å². The number of para-hydroxylation sites is 1. The van der Waals surface area contributed by atoms with Crippen LogP contribution in [0.3, 0.4) is 0 Å². The lowest BCUT2D eigenvalue weighted by molar-refractivity contribution is -0.143. The predicted molar refractivity (Wildman–Crippen MR) is 125 cm³/mol. The van der Waals surface area contributed by atoms with Gasteiger partial charge < -0.3 is 25.5 Å². The molecule has 0 bridgehead atoms. The number of hydrogen-bond acceptors (Lipinski definition) is 4. The minimum Gasteiger partial charge on any atom is -0.480 e. The summed E-state index contributed by atoms with van der Waals surface area (Å²) in [6, 6.07) is 14.7. The van der Waals surface area contributed by atoms with Crippen molar-refractivity contribution in [3.8, 4) is 0 Å². The van der Waals surface area contributed by atoms with Crippen LogP contribution in [-0.4, -0.2) is 40.1 Å². The molecule has 0 saturated heterocycles. The van der Waals surface area contributed by atoms with Crippen LogP contribution in [-0.2, 0) is 27.4 Å². The lowest BCUT2D eigenvalue weighted by Gasteiger charge is -2.24. The fourth-order valence-corrected chi connectivity index (χ4v) is 3.57. The molecule has 2 amide bonds. The zero-order chi connectivity index (χ0) is 23.8. The number of rotatable bonds is 10. The van der Waals surface area contributed by atoms with Gasteiger partial charge in [-0.15, -0.1) is 0 Å². The second-order valence-corrected chi connectivity index (χ2v) is 8.03. The summed E-state index contributed by atoms with van der Waals surface area (Å²) in [5.74, 6) is -1.97. The van der Waals surface area contributed by atoms with E-state index in [1.807, 2.05) is 61.5 Å². The molecular formula is C25H29N3O5. The third-order valence-corrected chi connectivity index (χ3v) is 5.70. The first kappa shape index (κ1) is 23.8. The number of fused-ring (bicyclic) bond motifs is 1. The number of carbonyl (C=O) groups is 3. The van der Waals surface area contributed by atoms with E-state index in [1.54, 1.807) is 13.1 Å². The van der Waals surface area contributed by atoms with E-state index in [0.29, 0.717) is 6.42 Å². The Kier molecular flexibility index (Phi) is 8.07. The zero-order valence-corrected chi connectivity index (χ0v) is 18.7. The van der Waals surface area contributed by atoms with Crippen LogP contribution < -0.4 is 10.6 Å². The molecule has 0 spiro atoms. The second-order valence-electron chi connectivity index (χ2n) is 8.03. The standard InChI is InChI=1S/C25H29N3O5/c1-3-16(2)22(24(30)31)28-23(29)21(13-18-14-26-20-12-8-7-11-19(18)20)27-25(32)33-15-17-9-5-4-6-10-17/h4-12,14,16,21-22,26H,3,13,15H2,1-2H3,(H,27,32)(H,28,29)(H,30,31)/t16-,21+,22-/m0/s1. The van der Waals surface area contributed by atoms with Gasteiger partial charge in [0.1, 0.15) is 18.7 Å². The van der Waals surface area contributed by atoms with Gasteiger partial charge >= 0.3 is 12.1 Å². The first-order chi connectivity index (χ1) is 15.9. The maximum absolute atomic E-state index is 13.1. The molecule has 0 aliphatic rings. The minimum atomic E-state index is -1.12. The lowest BCUT2D eigenvalue weighted by atomic mass is 9.98. The number of nitrogens with one attached hydrogen (secondary N) is 3. The highest BCUT2D eigenvalue weighted by Crippen LogP contribution is 2.19. The summed E-state index contributed by atoms with van der Waals surface area (Å²) in [6.45, 7) is 3.67. The van der Waals surface area contributed by atoms with Crippen molar-refractivity contribution in [2.45, 2.75) is 45.4 Å². The molecule has 3 rings (SSSR count). The van der Waals surface area contributed by atoms with Gasteiger partial charge in [0, 0.05) is 23.5 Å². The molecule has 0 aliphatic carbocycles. The molecule has 0 fully saturated rings. The molecule has 33 heavy (non-hydrogen) atoms. The van der Waals surface area contributed by atoms with Crippen LogP contribution in [0.2, 0.25) is 0 Å². The number of hydrogen-bond donors (Lipinski definition) is 4. The van der Waals surface area contributed by atoms with Gasteiger partial charge in [-0.1, -0.05) is 68.8 Å². The van der Waals surface area contributed by atoms with Gasteiger partial charge in [0.2, 0.25) is 5.91 Å². The summed E-state index contributed by atoms with van der Waals surface area (Å²) in [5.41, 5.74) is 2.54. The number of amides is 2. The van der Waals surface area contributed by atoms with Crippen molar-refractivity contribution in [3.05, 3.63) is 71.9 Å². The Morgan fingerprint density at radius 1 is 1.03 bits per heavy atom. The molecule has 0 saturated carbocycles. The molecule has 4 N–H and O–H groups in total. The quantitative estimate of drug-likeness (QED) is 0.375. The molecule has 1 aromatic heterocycles. The van der Waals surface area contributed by atoms with Crippen LogP contribution in [0.5, 0.6) is 0 Å². The monoisotopic (exact) mass is 451 g/mol. The summed E-state index contributed by atoms with van der Waals surface area (Å²) in [4.78, 5) is 40.4. The number of aromatic nitrogens is 1. The number of aliphatic carboxylic acids is 1. The highest BCUT2D eigenvalue weighted by molar-refractivity contribution is 5.91. The Bertz CT molecular complexity index is 1100. The Hall–Kier alpha value is -3.81. The maximum Gasteiger partial charge on any atom is 0.408 e. The van der Waals surface area contributed by atoms with Crippen molar-refractivity contribution in [1.29, 1.82) is 0 Å². The first-order valence-corrected chi connectivity index (χ1v) is 10.9. The number of carboxylic acids is 1. The van der Waals surface area contributed by atoms with E-state index in [4.69, 9.17) is 4.74 Å². The van der Waals surface area contributed by atoms with Gasteiger partial charge in [0.15, 0.2) is 0 Å². The highest BCUT2D eigenvalue weighted by Gasteiger charge is 2.30. The highest BCUT2D eigenvalue weighted by atomic mass is 16.5. The lowest BCUT2D eigenvalue weighted by Crippen LogP contribution is -2.54. The molecule has 2 aromatic carbocycles. The average molecular weight is 452 g/mol. The topological polar surface area (TPSA) is 121 Å². The first-order valence-electron chi connectivity index (χ1n) is 10.9. The second kappa shape index (κ2) is 11.2. The number of ether oxygens (including phenoxy) is 1. The van der Waals surface area contributed by atoms with Gasteiger partial charge in [0.05, 0.1) is 0 Å².